The summed E-state index contributed by atoms with van der Waals surface area (Å²) in [6, 6.07) is 16.4. The number of esters is 1. The van der Waals surface area contributed by atoms with Crippen LogP contribution in [0.1, 0.15) is 26.7 Å². The quantitative estimate of drug-likeness (QED) is 0.507. The van der Waals surface area contributed by atoms with E-state index in [2.05, 4.69) is 15.3 Å². The summed E-state index contributed by atoms with van der Waals surface area (Å²) in [6.45, 7) is -0.223. The Hall–Kier alpha value is -4.20. The Labute approximate surface area is 164 Å². The van der Waals surface area contributed by atoms with Crippen molar-refractivity contribution in [2.24, 2.45) is 0 Å². The molecular weight excluding hydrogens is 374 g/mol. The second kappa shape index (κ2) is 7.81. The molecule has 2 N–H and O–H groups in total. The lowest BCUT2D eigenvalue weighted by Crippen LogP contribution is -2.17. The molecule has 8 heteroatoms. The number of rotatable bonds is 5. The standard InChI is InChI=1S/C21H15N3O5/c25-19-13-6-1-3-8-15(13)22-18(24-19)12-29-21(27)14-7-2-4-9-16(14)23-20(26)17-10-5-11-28-17/h1-11H,12H2,(H,23,26)(H,22,24,25). The van der Waals surface area contributed by atoms with Crippen molar-refractivity contribution in [3.63, 3.8) is 0 Å². The third-order valence-electron chi connectivity index (χ3n) is 4.14. The van der Waals surface area contributed by atoms with Crippen molar-refractivity contribution in [2.75, 3.05) is 5.32 Å². The maximum absolute atomic E-state index is 12.5. The van der Waals surface area contributed by atoms with Gasteiger partial charge in [0.1, 0.15) is 12.4 Å². The van der Waals surface area contributed by atoms with E-state index in [0.29, 0.717) is 10.9 Å². The molecule has 1 amide bonds. The predicted octanol–water partition coefficient (Wildman–Crippen LogP) is 3.13. The van der Waals surface area contributed by atoms with Crippen LogP contribution in [0.5, 0.6) is 0 Å². The van der Waals surface area contributed by atoms with E-state index in [9.17, 15) is 14.4 Å². The number of hydrogen-bond acceptors (Lipinski definition) is 6. The van der Waals surface area contributed by atoms with Gasteiger partial charge in [0.05, 0.1) is 28.4 Å². The Bertz CT molecular complexity index is 1240. The molecule has 0 aliphatic carbocycles. The van der Waals surface area contributed by atoms with Crippen molar-refractivity contribution < 1.29 is 18.7 Å². The molecule has 0 bridgehead atoms. The second-order valence-corrected chi connectivity index (χ2v) is 6.08. The molecular formula is C21H15N3O5. The number of aromatic amines is 1. The van der Waals surface area contributed by atoms with Crippen LogP contribution in [0.15, 0.2) is 76.1 Å². The van der Waals surface area contributed by atoms with Gasteiger partial charge in [-0.1, -0.05) is 24.3 Å². The van der Waals surface area contributed by atoms with E-state index in [-0.39, 0.29) is 35.0 Å². The SMILES string of the molecule is O=C(Nc1ccccc1C(=O)OCc1nc2ccccc2c(=O)[nH]1)c1ccco1. The summed E-state index contributed by atoms with van der Waals surface area (Å²) in [5.41, 5.74) is 0.635. The van der Waals surface area contributed by atoms with Crippen molar-refractivity contribution in [1.29, 1.82) is 0 Å². The van der Waals surface area contributed by atoms with Gasteiger partial charge in [-0.3, -0.25) is 9.59 Å². The van der Waals surface area contributed by atoms with Crippen LogP contribution < -0.4 is 10.9 Å². The maximum atomic E-state index is 12.5. The minimum Gasteiger partial charge on any atom is -0.459 e. The molecule has 29 heavy (non-hydrogen) atoms. The Morgan fingerprint density at radius 2 is 1.83 bits per heavy atom. The number of para-hydroxylation sites is 2. The highest BCUT2D eigenvalue weighted by atomic mass is 16.5. The number of benzene rings is 2. The van der Waals surface area contributed by atoms with E-state index in [1.807, 2.05) is 0 Å². The maximum Gasteiger partial charge on any atom is 0.340 e. The van der Waals surface area contributed by atoms with Gasteiger partial charge in [0.25, 0.3) is 11.5 Å². The number of nitrogens with one attached hydrogen (secondary N) is 2. The zero-order chi connectivity index (χ0) is 20.2. The number of hydrogen-bond donors (Lipinski definition) is 2. The van der Waals surface area contributed by atoms with Crippen molar-refractivity contribution in [1.82, 2.24) is 9.97 Å². The molecule has 2 aromatic carbocycles. The van der Waals surface area contributed by atoms with Crippen LogP contribution in [0.4, 0.5) is 5.69 Å². The van der Waals surface area contributed by atoms with Crippen molar-refractivity contribution in [3.05, 3.63) is 94.4 Å². The van der Waals surface area contributed by atoms with Crippen LogP contribution in [0.25, 0.3) is 10.9 Å². The lowest BCUT2D eigenvalue weighted by Gasteiger charge is -2.10. The molecule has 0 unspecified atom stereocenters. The van der Waals surface area contributed by atoms with Gasteiger partial charge >= 0.3 is 5.97 Å². The molecule has 0 saturated heterocycles. The number of carbonyl (C=O) groups is 2. The minimum atomic E-state index is -0.670. The van der Waals surface area contributed by atoms with Crippen LogP contribution in [-0.4, -0.2) is 21.8 Å². The molecule has 0 aliphatic rings. The highest BCUT2D eigenvalue weighted by molar-refractivity contribution is 6.06. The van der Waals surface area contributed by atoms with E-state index in [1.54, 1.807) is 48.5 Å². The normalized spacial score (nSPS) is 10.6. The van der Waals surface area contributed by atoms with Gasteiger partial charge in [-0.05, 0) is 36.4 Å². The smallest absolute Gasteiger partial charge is 0.340 e. The molecule has 0 fully saturated rings. The van der Waals surface area contributed by atoms with E-state index in [4.69, 9.17) is 9.15 Å². The summed E-state index contributed by atoms with van der Waals surface area (Å²) in [5, 5.41) is 3.07. The molecule has 0 radical (unpaired) electrons. The molecule has 2 heterocycles. The Balaban J connectivity index is 1.51. The first-order chi connectivity index (χ1) is 14.1. The first kappa shape index (κ1) is 18.2. The molecule has 0 aliphatic heterocycles. The molecule has 0 spiro atoms. The summed E-state index contributed by atoms with van der Waals surface area (Å²) in [4.78, 5) is 43.7. The summed E-state index contributed by atoms with van der Waals surface area (Å²) in [6.07, 6.45) is 1.38. The fourth-order valence-corrected chi connectivity index (χ4v) is 2.78. The van der Waals surface area contributed by atoms with Crippen LogP contribution in [-0.2, 0) is 11.3 Å². The highest BCUT2D eigenvalue weighted by Crippen LogP contribution is 2.18. The van der Waals surface area contributed by atoms with E-state index in [0.717, 1.165) is 0 Å². The third-order valence-corrected chi connectivity index (χ3v) is 4.14. The largest absolute Gasteiger partial charge is 0.459 e. The molecule has 0 atom stereocenters. The molecule has 144 valence electrons. The average molecular weight is 389 g/mol. The summed E-state index contributed by atoms with van der Waals surface area (Å²) in [7, 11) is 0. The first-order valence-electron chi connectivity index (χ1n) is 8.71. The fourth-order valence-electron chi connectivity index (χ4n) is 2.78. The minimum absolute atomic E-state index is 0.117. The number of furan rings is 1. The Morgan fingerprint density at radius 3 is 2.66 bits per heavy atom. The number of anilines is 1. The van der Waals surface area contributed by atoms with Gasteiger partial charge in [-0.15, -0.1) is 0 Å². The van der Waals surface area contributed by atoms with Gasteiger partial charge in [0, 0.05) is 0 Å². The van der Waals surface area contributed by atoms with Gasteiger partial charge in [0.2, 0.25) is 0 Å². The summed E-state index contributed by atoms with van der Waals surface area (Å²) < 4.78 is 10.3. The number of fused-ring (bicyclic) bond motifs is 1. The molecule has 8 nitrogen and oxygen atoms in total. The fraction of sp³-hybridized carbons (Fsp3) is 0.0476. The number of carbonyl (C=O) groups excluding carboxylic acids is 2. The van der Waals surface area contributed by atoms with E-state index >= 15 is 0 Å². The van der Waals surface area contributed by atoms with Crippen LogP contribution in [0.3, 0.4) is 0 Å². The van der Waals surface area contributed by atoms with Crippen molar-refractivity contribution in [3.8, 4) is 0 Å². The topological polar surface area (TPSA) is 114 Å². The lowest BCUT2D eigenvalue weighted by molar-refractivity contribution is 0.0463. The average Bonchev–Trinajstić information content (AvgIpc) is 3.28. The molecule has 4 aromatic rings. The van der Waals surface area contributed by atoms with Crippen LogP contribution >= 0.6 is 0 Å². The first-order valence-corrected chi connectivity index (χ1v) is 8.71. The van der Waals surface area contributed by atoms with Gasteiger partial charge in [0.15, 0.2) is 5.76 Å². The Kier molecular flexibility index (Phi) is 4.90. The highest BCUT2D eigenvalue weighted by Gasteiger charge is 2.17. The molecule has 0 saturated carbocycles. The molecule has 4 rings (SSSR count). The summed E-state index contributed by atoms with van der Waals surface area (Å²) in [5.74, 6) is -0.822. The summed E-state index contributed by atoms with van der Waals surface area (Å²) >= 11 is 0. The van der Waals surface area contributed by atoms with Gasteiger partial charge in [-0.25, -0.2) is 9.78 Å². The number of nitrogens with zero attached hydrogens (tertiary/aromatic N) is 1. The zero-order valence-electron chi connectivity index (χ0n) is 15.0. The Morgan fingerprint density at radius 1 is 1.03 bits per heavy atom. The predicted molar refractivity (Wildman–Crippen MR) is 105 cm³/mol. The second-order valence-electron chi connectivity index (χ2n) is 6.08. The van der Waals surface area contributed by atoms with Crippen LogP contribution in [0, 0.1) is 0 Å². The van der Waals surface area contributed by atoms with E-state index in [1.165, 1.54) is 18.4 Å². The number of ether oxygens (including phenoxy) is 1. The lowest BCUT2D eigenvalue weighted by atomic mass is 10.1. The number of aromatic nitrogens is 2. The number of H-pyrrole nitrogens is 1. The van der Waals surface area contributed by atoms with Gasteiger partial charge < -0.3 is 19.5 Å². The monoisotopic (exact) mass is 389 g/mol. The van der Waals surface area contributed by atoms with Crippen LogP contribution in [0.2, 0.25) is 0 Å². The zero-order valence-corrected chi connectivity index (χ0v) is 15.0. The van der Waals surface area contributed by atoms with E-state index < -0.39 is 11.9 Å². The van der Waals surface area contributed by atoms with Crippen molar-refractivity contribution >= 4 is 28.5 Å². The van der Waals surface area contributed by atoms with Crippen molar-refractivity contribution in [2.45, 2.75) is 6.61 Å². The molecule has 2 aromatic heterocycles. The number of amides is 1. The third kappa shape index (κ3) is 3.91. The van der Waals surface area contributed by atoms with Gasteiger partial charge in [-0.2, -0.15) is 0 Å².